The number of rotatable bonds is 5. The van der Waals surface area contributed by atoms with E-state index in [9.17, 15) is 9.59 Å². The fourth-order valence-corrected chi connectivity index (χ4v) is 3.69. The van der Waals surface area contributed by atoms with Crippen molar-refractivity contribution in [3.05, 3.63) is 54.1 Å². The second-order valence-electron chi connectivity index (χ2n) is 4.22. The normalized spacial score (nSPS) is 10.3. The molecule has 8 heteroatoms. The Balaban J connectivity index is 1.79. The van der Waals surface area contributed by atoms with E-state index in [0.29, 0.717) is 16.4 Å². The number of halogens is 3. The van der Waals surface area contributed by atoms with E-state index >= 15 is 0 Å². The van der Waals surface area contributed by atoms with Crippen LogP contribution in [0.4, 0.5) is 0 Å². The summed E-state index contributed by atoms with van der Waals surface area (Å²) >= 11 is 13.7. The summed E-state index contributed by atoms with van der Waals surface area (Å²) in [4.78, 5) is 23.9. The van der Waals surface area contributed by atoms with Crippen LogP contribution in [-0.4, -0.2) is 18.5 Å². The lowest BCUT2D eigenvalue weighted by molar-refractivity contribution is -0.124. The number of carbonyl (C=O) groups is 2. The molecule has 0 aliphatic rings. The molecule has 1 amide bonds. The molecule has 22 heavy (non-hydrogen) atoms. The Morgan fingerprint density at radius 3 is 2.68 bits per heavy atom. The van der Waals surface area contributed by atoms with Crippen LogP contribution in [0.15, 0.2) is 38.6 Å². The van der Waals surface area contributed by atoms with E-state index in [-0.39, 0.29) is 12.5 Å². The summed E-state index contributed by atoms with van der Waals surface area (Å²) in [5.41, 5.74) is 0.873. The van der Waals surface area contributed by atoms with Gasteiger partial charge in [-0.05, 0) is 55.6 Å². The van der Waals surface area contributed by atoms with Gasteiger partial charge in [-0.1, -0.05) is 23.7 Å². The van der Waals surface area contributed by atoms with E-state index in [4.69, 9.17) is 16.3 Å². The Labute approximate surface area is 153 Å². The van der Waals surface area contributed by atoms with Gasteiger partial charge in [0, 0.05) is 16.0 Å². The Bertz CT molecular complexity index is 686. The molecular weight excluding hydrogens is 457 g/mol. The minimum Gasteiger partial charge on any atom is -0.451 e. The molecule has 2 rings (SSSR count). The van der Waals surface area contributed by atoms with Crippen molar-refractivity contribution in [2.75, 3.05) is 6.61 Å². The maximum atomic E-state index is 11.8. The molecule has 1 heterocycles. The van der Waals surface area contributed by atoms with E-state index in [1.165, 1.54) is 11.3 Å². The highest BCUT2D eigenvalue weighted by molar-refractivity contribution is 9.13. The molecule has 0 unspecified atom stereocenters. The van der Waals surface area contributed by atoms with E-state index in [1.807, 2.05) is 6.07 Å². The zero-order valence-corrected chi connectivity index (χ0v) is 15.8. The van der Waals surface area contributed by atoms with Crippen molar-refractivity contribution < 1.29 is 14.3 Å². The molecule has 0 atom stereocenters. The summed E-state index contributed by atoms with van der Waals surface area (Å²) in [7, 11) is 0. The summed E-state index contributed by atoms with van der Waals surface area (Å²) in [5, 5.41) is 3.26. The van der Waals surface area contributed by atoms with Gasteiger partial charge in [-0.15, -0.1) is 11.3 Å². The van der Waals surface area contributed by atoms with E-state index in [1.54, 1.807) is 24.3 Å². The molecular formula is C14H10Br2ClNO3S. The number of thiophene rings is 1. The lowest BCUT2D eigenvalue weighted by Crippen LogP contribution is -2.28. The van der Waals surface area contributed by atoms with Gasteiger partial charge in [0.25, 0.3) is 5.91 Å². The first-order valence-corrected chi connectivity index (χ1v) is 8.87. The van der Waals surface area contributed by atoms with Gasteiger partial charge >= 0.3 is 5.97 Å². The number of hydrogen-bond donors (Lipinski definition) is 1. The van der Waals surface area contributed by atoms with Gasteiger partial charge in [0.15, 0.2) is 6.61 Å². The van der Waals surface area contributed by atoms with Crippen molar-refractivity contribution >= 4 is 66.7 Å². The largest absolute Gasteiger partial charge is 0.451 e. The summed E-state index contributed by atoms with van der Waals surface area (Å²) < 4.78 is 6.53. The standard InChI is InChI=1S/C14H10Br2ClNO3S/c15-10-5-11(22-13(10)16)14(20)21-7-12(19)18-6-8-2-1-3-9(17)4-8/h1-5H,6-7H2,(H,18,19). The molecule has 2 aromatic rings. The first-order chi connectivity index (χ1) is 10.5. The Morgan fingerprint density at radius 2 is 2.05 bits per heavy atom. The molecule has 1 N–H and O–H groups in total. The molecule has 116 valence electrons. The predicted octanol–water partition coefficient (Wildman–Crippen LogP) is 4.40. The molecule has 0 bridgehead atoms. The summed E-state index contributed by atoms with van der Waals surface area (Å²) in [5.74, 6) is -0.905. The molecule has 1 aromatic carbocycles. The fraction of sp³-hybridized carbons (Fsp3) is 0.143. The minimum atomic E-state index is -0.533. The summed E-state index contributed by atoms with van der Waals surface area (Å²) in [6, 6.07) is 8.80. The summed E-state index contributed by atoms with van der Waals surface area (Å²) in [6.45, 7) is -0.000417. The van der Waals surface area contributed by atoms with E-state index in [2.05, 4.69) is 37.2 Å². The molecule has 1 aromatic heterocycles. The molecule has 0 saturated carbocycles. The van der Waals surface area contributed by atoms with Crippen molar-refractivity contribution in [1.82, 2.24) is 5.32 Å². The van der Waals surface area contributed by atoms with Crippen molar-refractivity contribution in [3.63, 3.8) is 0 Å². The minimum absolute atomic E-state index is 0.326. The van der Waals surface area contributed by atoms with Crippen LogP contribution in [0, 0.1) is 0 Å². The number of ether oxygens (including phenoxy) is 1. The van der Waals surface area contributed by atoms with Gasteiger partial charge in [-0.2, -0.15) is 0 Å². The first-order valence-electron chi connectivity index (χ1n) is 6.09. The zero-order chi connectivity index (χ0) is 16.1. The second-order valence-corrected chi connectivity index (χ2v) is 7.88. The number of esters is 1. The van der Waals surface area contributed by atoms with Crippen LogP contribution in [0.5, 0.6) is 0 Å². The maximum Gasteiger partial charge on any atom is 0.348 e. The monoisotopic (exact) mass is 465 g/mol. The molecule has 0 radical (unpaired) electrons. The number of hydrogen-bond acceptors (Lipinski definition) is 4. The maximum absolute atomic E-state index is 11.8. The number of benzene rings is 1. The van der Waals surface area contributed by atoms with Crippen molar-refractivity contribution in [1.29, 1.82) is 0 Å². The van der Waals surface area contributed by atoms with Gasteiger partial charge in [0.2, 0.25) is 0 Å². The van der Waals surface area contributed by atoms with Gasteiger partial charge < -0.3 is 10.1 Å². The zero-order valence-electron chi connectivity index (χ0n) is 11.1. The average molecular weight is 468 g/mol. The van der Waals surface area contributed by atoms with Crippen LogP contribution in [0.1, 0.15) is 15.2 Å². The van der Waals surface area contributed by atoms with Crippen molar-refractivity contribution in [2.45, 2.75) is 6.54 Å². The molecule has 0 saturated heterocycles. The second kappa shape index (κ2) is 8.10. The lowest BCUT2D eigenvalue weighted by atomic mass is 10.2. The Kier molecular flexibility index (Phi) is 6.43. The van der Waals surface area contributed by atoms with Crippen LogP contribution in [0.3, 0.4) is 0 Å². The highest BCUT2D eigenvalue weighted by atomic mass is 79.9. The van der Waals surface area contributed by atoms with Crippen LogP contribution < -0.4 is 5.32 Å². The van der Waals surface area contributed by atoms with Gasteiger partial charge in [-0.25, -0.2) is 4.79 Å². The SMILES string of the molecule is O=C(COC(=O)c1cc(Br)c(Br)s1)NCc1cccc(Cl)c1. The third-order valence-corrected chi connectivity index (χ3v) is 6.03. The average Bonchev–Trinajstić information content (AvgIpc) is 2.82. The smallest absolute Gasteiger partial charge is 0.348 e. The lowest BCUT2D eigenvalue weighted by Gasteiger charge is -2.06. The van der Waals surface area contributed by atoms with Crippen LogP contribution in [0.2, 0.25) is 5.02 Å². The third-order valence-electron chi connectivity index (χ3n) is 2.56. The molecule has 0 aliphatic carbocycles. The Morgan fingerprint density at radius 1 is 1.27 bits per heavy atom. The van der Waals surface area contributed by atoms with Gasteiger partial charge in [0.05, 0.1) is 3.79 Å². The highest BCUT2D eigenvalue weighted by Gasteiger charge is 2.14. The van der Waals surface area contributed by atoms with Crippen molar-refractivity contribution in [3.8, 4) is 0 Å². The summed E-state index contributed by atoms with van der Waals surface area (Å²) in [6.07, 6.45) is 0. The number of amides is 1. The van der Waals surface area contributed by atoms with Gasteiger partial charge in [0.1, 0.15) is 4.88 Å². The van der Waals surface area contributed by atoms with E-state index in [0.717, 1.165) is 13.8 Å². The molecule has 0 aliphatic heterocycles. The fourth-order valence-electron chi connectivity index (χ4n) is 1.55. The molecule has 0 fully saturated rings. The third kappa shape index (κ3) is 5.08. The quantitative estimate of drug-likeness (QED) is 0.664. The van der Waals surface area contributed by atoms with Crippen molar-refractivity contribution in [2.24, 2.45) is 0 Å². The van der Waals surface area contributed by atoms with Crippen LogP contribution in [0.25, 0.3) is 0 Å². The highest BCUT2D eigenvalue weighted by Crippen LogP contribution is 2.32. The van der Waals surface area contributed by atoms with E-state index < -0.39 is 5.97 Å². The number of nitrogens with one attached hydrogen (secondary N) is 1. The van der Waals surface area contributed by atoms with Crippen LogP contribution >= 0.6 is 54.8 Å². The van der Waals surface area contributed by atoms with Crippen LogP contribution in [-0.2, 0) is 16.1 Å². The molecule has 0 spiro atoms. The van der Waals surface area contributed by atoms with Gasteiger partial charge in [-0.3, -0.25) is 4.79 Å². The molecule has 4 nitrogen and oxygen atoms in total. The Hall–Kier alpha value is -0.890. The number of carbonyl (C=O) groups excluding carboxylic acids is 2. The topological polar surface area (TPSA) is 55.4 Å². The first kappa shape index (κ1) is 17.5. The predicted molar refractivity (Wildman–Crippen MR) is 93.3 cm³/mol.